The highest BCUT2D eigenvalue weighted by Crippen LogP contribution is 2.29. The van der Waals surface area contributed by atoms with Gasteiger partial charge in [0.2, 0.25) is 0 Å². The van der Waals surface area contributed by atoms with Crippen molar-refractivity contribution in [3.63, 3.8) is 0 Å². The van der Waals surface area contributed by atoms with Gasteiger partial charge in [0.1, 0.15) is 12.4 Å². The SMILES string of the molecule is O=C(NCCc1csc2ccc(O)cc12)OCc1ccccc1. The van der Waals surface area contributed by atoms with E-state index in [-0.39, 0.29) is 12.4 Å². The van der Waals surface area contributed by atoms with Crippen molar-refractivity contribution in [3.05, 3.63) is 65.0 Å². The highest BCUT2D eigenvalue weighted by atomic mass is 32.1. The second kappa shape index (κ2) is 7.15. The van der Waals surface area contributed by atoms with E-state index in [1.165, 1.54) is 0 Å². The van der Waals surface area contributed by atoms with Gasteiger partial charge in [-0.15, -0.1) is 11.3 Å². The number of ether oxygens (including phenoxy) is 1. The number of nitrogens with one attached hydrogen (secondary N) is 1. The third-order valence-corrected chi connectivity index (χ3v) is 4.53. The Bertz CT molecular complexity index is 798. The van der Waals surface area contributed by atoms with Crippen LogP contribution in [0.3, 0.4) is 0 Å². The number of amides is 1. The van der Waals surface area contributed by atoms with Gasteiger partial charge in [-0.1, -0.05) is 30.3 Å². The van der Waals surface area contributed by atoms with Crippen LogP contribution in [0.2, 0.25) is 0 Å². The highest BCUT2D eigenvalue weighted by molar-refractivity contribution is 7.17. The summed E-state index contributed by atoms with van der Waals surface area (Å²) in [6.45, 7) is 0.761. The van der Waals surface area contributed by atoms with Crippen molar-refractivity contribution in [2.45, 2.75) is 13.0 Å². The average molecular weight is 327 g/mol. The summed E-state index contributed by atoms with van der Waals surface area (Å²) in [7, 11) is 0. The van der Waals surface area contributed by atoms with Gasteiger partial charge in [0.15, 0.2) is 0 Å². The average Bonchev–Trinajstić information content (AvgIpc) is 2.96. The van der Waals surface area contributed by atoms with E-state index < -0.39 is 6.09 Å². The fourth-order valence-electron chi connectivity index (χ4n) is 2.34. The number of carbonyl (C=O) groups excluding carboxylic acids is 1. The molecule has 2 N–H and O–H groups in total. The van der Waals surface area contributed by atoms with E-state index in [2.05, 4.69) is 10.7 Å². The number of fused-ring (bicyclic) bond motifs is 1. The van der Waals surface area contributed by atoms with E-state index in [4.69, 9.17) is 4.74 Å². The monoisotopic (exact) mass is 327 g/mol. The lowest BCUT2D eigenvalue weighted by Crippen LogP contribution is -2.26. The maximum absolute atomic E-state index is 11.7. The van der Waals surface area contributed by atoms with Crippen molar-refractivity contribution in [1.82, 2.24) is 5.32 Å². The van der Waals surface area contributed by atoms with Gasteiger partial charge in [0, 0.05) is 11.2 Å². The number of thiophene rings is 1. The van der Waals surface area contributed by atoms with E-state index in [0.29, 0.717) is 13.0 Å². The number of phenolic OH excluding ortho intramolecular Hbond substituents is 1. The van der Waals surface area contributed by atoms with E-state index in [9.17, 15) is 9.90 Å². The number of hydrogen-bond donors (Lipinski definition) is 2. The van der Waals surface area contributed by atoms with E-state index >= 15 is 0 Å². The third kappa shape index (κ3) is 4.02. The zero-order valence-electron chi connectivity index (χ0n) is 12.5. The molecule has 0 radical (unpaired) electrons. The number of rotatable bonds is 5. The number of benzene rings is 2. The van der Waals surface area contributed by atoms with Gasteiger partial charge >= 0.3 is 6.09 Å². The van der Waals surface area contributed by atoms with E-state index in [1.807, 2.05) is 36.4 Å². The van der Waals surface area contributed by atoms with Gasteiger partial charge in [-0.2, -0.15) is 0 Å². The van der Waals surface area contributed by atoms with Crippen molar-refractivity contribution in [1.29, 1.82) is 0 Å². The van der Waals surface area contributed by atoms with Gasteiger partial charge in [0.25, 0.3) is 0 Å². The zero-order valence-corrected chi connectivity index (χ0v) is 13.3. The first-order chi connectivity index (χ1) is 11.2. The maximum Gasteiger partial charge on any atom is 0.407 e. The summed E-state index contributed by atoms with van der Waals surface area (Å²) >= 11 is 1.63. The Morgan fingerprint density at radius 3 is 2.83 bits per heavy atom. The van der Waals surface area contributed by atoms with Crippen molar-refractivity contribution >= 4 is 27.5 Å². The van der Waals surface area contributed by atoms with Crippen LogP contribution in [0.1, 0.15) is 11.1 Å². The van der Waals surface area contributed by atoms with E-state index in [1.54, 1.807) is 23.5 Å². The minimum absolute atomic E-state index is 0.257. The second-order valence-electron chi connectivity index (χ2n) is 5.18. The van der Waals surface area contributed by atoms with Gasteiger partial charge in [-0.05, 0) is 46.5 Å². The van der Waals surface area contributed by atoms with Crippen LogP contribution in [0.25, 0.3) is 10.1 Å². The van der Waals surface area contributed by atoms with Crippen molar-refractivity contribution in [3.8, 4) is 5.75 Å². The summed E-state index contributed by atoms with van der Waals surface area (Å²) in [5, 5.41) is 15.4. The minimum Gasteiger partial charge on any atom is -0.508 e. The Kier molecular flexibility index (Phi) is 4.78. The Morgan fingerprint density at radius 2 is 2.00 bits per heavy atom. The first-order valence-corrected chi connectivity index (χ1v) is 8.24. The quantitative estimate of drug-likeness (QED) is 0.742. The van der Waals surface area contributed by atoms with Crippen LogP contribution in [0, 0.1) is 0 Å². The van der Waals surface area contributed by atoms with Gasteiger partial charge in [-0.3, -0.25) is 0 Å². The third-order valence-electron chi connectivity index (χ3n) is 3.51. The summed E-state index contributed by atoms with van der Waals surface area (Å²) in [6.07, 6.45) is 0.278. The molecule has 118 valence electrons. The molecule has 0 saturated heterocycles. The molecular formula is C18H17NO3S. The molecule has 0 aliphatic carbocycles. The molecule has 3 rings (SSSR count). The summed E-state index contributed by atoms with van der Waals surface area (Å²) in [4.78, 5) is 11.7. The predicted octanol–water partition coefficient (Wildman–Crippen LogP) is 4.08. The Hall–Kier alpha value is -2.53. The molecule has 1 heterocycles. The number of alkyl carbamates (subject to hydrolysis) is 1. The second-order valence-corrected chi connectivity index (χ2v) is 6.09. The number of hydrogen-bond acceptors (Lipinski definition) is 4. The zero-order chi connectivity index (χ0) is 16.1. The molecule has 0 unspecified atom stereocenters. The molecule has 2 aromatic carbocycles. The standard InChI is InChI=1S/C18H17NO3S/c20-15-6-7-17-16(10-15)14(12-23-17)8-9-19-18(21)22-11-13-4-2-1-3-5-13/h1-7,10,12,20H,8-9,11H2,(H,19,21). The Morgan fingerprint density at radius 1 is 1.17 bits per heavy atom. The summed E-state index contributed by atoms with van der Waals surface area (Å²) in [5.74, 6) is 0.257. The van der Waals surface area contributed by atoms with Crippen LogP contribution in [0.15, 0.2) is 53.9 Å². The van der Waals surface area contributed by atoms with Crippen molar-refractivity contribution in [2.24, 2.45) is 0 Å². The fraction of sp³-hybridized carbons (Fsp3) is 0.167. The van der Waals surface area contributed by atoms with Crippen LogP contribution >= 0.6 is 11.3 Å². The molecule has 0 aliphatic rings. The molecule has 3 aromatic rings. The van der Waals surface area contributed by atoms with E-state index in [0.717, 1.165) is 21.2 Å². The first kappa shape index (κ1) is 15.4. The van der Waals surface area contributed by atoms with Gasteiger partial charge in [0.05, 0.1) is 0 Å². The van der Waals surface area contributed by atoms with Crippen LogP contribution in [-0.4, -0.2) is 17.7 Å². The van der Waals surface area contributed by atoms with Gasteiger partial charge < -0.3 is 15.2 Å². The van der Waals surface area contributed by atoms with Crippen molar-refractivity contribution in [2.75, 3.05) is 6.54 Å². The van der Waals surface area contributed by atoms with Crippen molar-refractivity contribution < 1.29 is 14.6 Å². The number of carbonyl (C=O) groups is 1. The highest BCUT2D eigenvalue weighted by Gasteiger charge is 2.07. The summed E-state index contributed by atoms with van der Waals surface area (Å²) < 4.78 is 6.30. The fourth-order valence-corrected chi connectivity index (χ4v) is 3.31. The molecule has 5 heteroatoms. The molecule has 23 heavy (non-hydrogen) atoms. The number of aromatic hydroxyl groups is 1. The molecule has 0 atom stereocenters. The van der Waals surface area contributed by atoms with Crippen LogP contribution in [0.4, 0.5) is 4.79 Å². The summed E-state index contributed by atoms with van der Waals surface area (Å²) in [5.41, 5.74) is 2.08. The van der Waals surface area contributed by atoms with Crippen LogP contribution < -0.4 is 5.32 Å². The molecule has 0 saturated carbocycles. The largest absolute Gasteiger partial charge is 0.508 e. The smallest absolute Gasteiger partial charge is 0.407 e. The molecule has 0 bridgehead atoms. The Balaban J connectivity index is 1.48. The molecule has 0 aliphatic heterocycles. The molecule has 4 nitrogen and oxygen atoms in total. The molecule has 0 spiro atoms. The molecular weight excluding hydrogens is 310 g/mol. The first-order valence-electron chi connectivity index (χ1n) is 7.36. The minimum atomic E-state index is -0.420. The molecule has 0 fully saturated rings. The lowest BCUT2D eigenvalue weighted by atomic mass is 10.1. The predicted molar refractivity (Wildman–Crippen MR) is 91.8 cm³/mol. The maximum atomic E-state index is 11.7. The molecule has 1 aromatic heterocycles. The summed E-state index contributed by atoms with van der Waals surface area (Å²) in [6, 6.07) is 14.9. The van der Waals surface area contributed by atoms with Crippen LogP contribution in [0.5, 0.6) is 5.75 Å². The molecule has 1 amide bonds. The number of phenols is 1. The topological polar surface area (TPSA) is 58.6 Å². The van der Waals surface area contributed by atoms with Crippen LogP contribution in [-0.2, 0) is 17.8 Å². The lowest BCUT2D eigenvalue weighted by Gasteiger charge is -2.07. The lowest BCUT2D eigenvalue weighted by molar-refractivity contribution is 0.140. The normalized spacial score (nSPS) is 10.6. The van der Waals surface area contributed by atoms with Gasteiger partial charge in [-0.25, -0.2) is 4.79 Å². The Labute approximate surface area is 138 Å².